The van der Waals surface area contributed by atoms with E-state index in [-0.39, 0.29) is 24.8 Å². The van der Waals surface area contributed by atoms with Gasteiger partial charge in [-0.15, -0.1) is 0 Å². The summed E-state index contributed by atoms with van der Waals surface area (Å²) in [6, 6.07) is 0. The highest BCUT2D eigenvalue weighted by atomic mass is 31.2. The van der Waals surface area contributed by atoms with Crippen molar-refractivity contribution in [3.63, 3.8) is 0 Å². The maximum absolute atomic E-state index is 17.1. The van der Waals surface area contributed by atoms with Gasteiger partial charge in [-0.25, -0.2) is 8.96 Å². The molecule has 0 radical (unpaired) electrons. The second-order valence-electron chi connectivity index (χ2n) is 10.4. The van der Waals surface area contributed by atoms with Crippen LogP contribution < -0.4 is 6.15 Å². The van der Waals surface area contributed by atoms with Crippen LogP contribution in [0.2, 0.25) is 0 Å². The Kier molecular flexibility index (Phi) is 6.29. The van der Waals surface area contributed by atoms with Crippen molar-refractivity contribution in [3.05, 3.63) is 23.8 Å². The van der Waals surface area contributed by atoms with E-state index in [4.69, 9.17) is 0 Å². The molecule has 186 valence electrons. The third-order valence-electron chi connectivity index (χ3n) is 8.88. The van der Waals surface area contributed by atoms with Crippen molar-refractivity contribution in [2.75, 3.05) is 6.61 Å². The van der Waals surface area contributed by atoms with Crippen molar-refractivity contribution in [3.8, 4) is 0 Å². The quantitative estimate of drug-likeness (QED) is 0.372. The molecule has 0 spiro atoms. The summed E-state index contributed by atoms with van der Waals surface area (Å²) < 4.78 is 33.0. The van der Waals surface area contributed by atoms with Crippen molar-refractivity contribution in [2.24, 2.45) is 28.6 Å². The van der Waals surface area contributed by atoms with Crippen LogP contribution in [0, 0.1) is 28.6 Å². The Morgan fingerprint density at radius 3 is 2.48 bits per heavy atom. The molecule has 9 nitrogen and oxygen atoms in total. The third kappa shape index (κ3) is 3.45. The molecule has 4 aliphatic carbocycles. The zero-order chi connectivity index (χ0) is 23.9. The summed E-state index contributed by atoms with van der Waals surface area (Å²) >= 11 is 0. The summed E-state index contributed by atoms with van der Waals surface area (Å²) in [5.41, 5.74) is -6.39. The van der Waals surface area contributed by atoms with E-state index < -0.39 is 66.2 Å². The minimum Gasteiger partial charge on any atom is -0.390 e. The van der Waals surface area contributed by atoms with Crippen LogP contribution in [-0.2, 0) is 18.7 Å². The summed E-state index contributed by atoms with van der Waals surface area (Å²) in [5.74, 6) is -2.84. The van der Waals surface area contributed by atoms with Gasteiger partial charge >= 0.3 is 7.82 Å². The van der Waals surface area contributed by atoms with Crippen molar-refractivity contribution in [2.45, 2.75) is 63.8 Å². The van der Waals surface area contributed by atoms with Gasteiger partial charge in [0, 0.05) is 22.7 Å². The van der Waals surface area contributed by atoms with Crippen LogP contribution in [0.3, 0.4) is 0 Å². The number of ketones is 2. The lowest BCUT2D eigenvalue weighted by Gasteiger charge is -2.66. The molecule has 0 aromatic carbocycles. The lowest BCUT2D eigenvalue weighted by Crippen LogP contribution is -2.74. The number of fused-ring (bicyclic) bond motifs is 5. The molecule has 4 rings (SSSR count). The maximum atomic E-state index is 17.1. The first-order valence-electron chi connectivity index (χ1n) is 10.9. The van der Waals surface area contributed by atoms with Crippen molar-refractivity contribution in [1.29, 1.82) is 0 Å². The van der Waals surface area contributed by atoms with E-state index in [1.807, 2.05) is 0 Å². The number of phosphoric ester groups is 1. The largest absolute Gasteiger partial charge is 0.469 e. The van der Waals surface area contributed by atoms with E-state index >= 15 is 4.39 Å². The Labute approximate surface area is 191 Å². The summed E-state index contributed by atoms with van der Waals surface area (Å²) in [6.45, 7) is 3.90. The van der Waals surface area contributed by atoms with Gasteiger partial charge in [-0.05, 0) is 50.7 Å². The molecular formula is C22H33FNO8P. The SMILES string of the molecule is C[C@@H]1C[C@H]2[C@@H]3CCC4=CC(=O)C=C[C@]4(C)[C@@]3(F)[C@@H](O)C[C@]2(C)[C@](O)(COP(=O)(O)O)C1=O.N. The fourth-order valence-electron chi connectivity index (χ4n) is 7.06. The van der Waals surface area contributed by atoms with E-state index in [9.17, 15) is 34.2 Å². The van der Waals surface area contributed by atoms with E-state index in [1.54, 1.807) is 20.8 Å². The molecule has 0 heterocycles. The Hall–Kier alpha value is -1.26. The second kappa shape index (κ2) is 7.88. The first-order chi connectivity index (χ1) is 14.6. The molecule has 0 aliphatic heterocycles. The highest BCUT2D eigenvalue weighted by molar-refractivity contribution is 7.46. The molecule has 4 aliphatic rings. The number of alkyl halides is 1. The van der Waals surface area contributed by atoms with Crippen molar-refractivity contribution >= 4 is 19.4 Å². The predicted molar refractivity (Wildman–Crippen MR) is 116 cm³/mol. The number of aliphatic hydroxyl groups excluding tert-OH is 1. The van der Waals surface area contributed by atoms with Crippen LogP contribution in [0.4, 0.5) is 4.39 Å². The highest BCUT2D eigenvalue weighted by Crippen LogP contribution is 2.68. The van der Waals surface area contributed by atoms with Crippen LogP contribution in [-0.4, -0.2) is 55.5 Å². The van der Waals surface area contributed by atoms with Gasteiger partial charge in [-0.3, -0.25) is 14.1 Å². The van der Waals surface area contributed by atoms with Gasteiger partial charge in [-0.1, -0.05) is 25.5 Å². The number of rotatable bonds is 3. The molecule has 0 saturated heterocycles. The molecule has 0 unspecified atom stereocenters. The van der Waals surface area contributed by atoms with Gasteiger partial charge in [0.05, 0.1) is 12.7 Å². The predicted octanol–water partition coefficient (Wildman–Crippen LogP) is 2.17. The molecule has 11 heteroatoms. The number of allylic oxidation sites excluding steroid dienone is 4. The standard InChI is InChI=1S/C22H30FO8P.H3N/c1-12-8-16-15-5-4-13-9-14(24)6-7-19(13,2)22(15,23)17(25)10-20(16,3)21(27,18(12)26)11-31-32(28,29)30;/h6-7,9,12,15-17,25,27H,4-5,8,10-11H2,1-3H3,(H2,28,29,30);1H3/t12-,15+,16+,17+,19+,20+,21+,22+;/m1./s1. The molecule has 0 amide bonds. The van der Waals surface area contributed by atoms with Crippen LogP contribution in [0.5, 0.6) is 0 Å². The summed E-state index contributed by atoms with van der Waals surface area (Å²) in [5, 5.41) is 22.7. The second-order valence-corrected chi connectivity index (χ2v) is 11.6. The van der Waals surface area contributed by atoms with Crippen molar-refractivity contribution in [1.82, 2.24) is 6.15 Å². The first kappa shape index (κ1) is 26.3. The van der Waals surface area contributed by atoms with Crippen LogP contribution in [0.25, 0.3) is 0 Å². The van der Waals surface area contributed by atoms with E-state index in [0.29, 0.717) is 18.4 Å². The minimum absolute atomic E-state index is 0. The Balaban J connectivity index is 0.00000306. The summed E-state index contributed by atoms with van der Waals surface area (Å²) in [6.07, 6.45) is 3.39. The Morgan fingerprint density at radius 2 is 1.88 bits per heavy atom. The lowest BCUT2D eigenvalue weighted by atomic mass is 9.40. The smallest absolute Gasteiger partial charge is 0.390 e. The number of hydrogen-bond acceptors (Lipinski definition) is 7. The molecule has 3 saturated carbocycles. The molecule has 3 fully saturated rings. The van der Waals surface area contributed by atoms with Gasteiger partial charge in [0.2, 0.25) is 0 Å². The van der Waals surface area contributed by atoms with Gasteiger partial charge < -0.3 is 26.2 Å². The molecule has 0 aromatic rings. The molecule has 33 heavy (non-hydrogen) atoms. The fourth-order valence-corrected chi connectivity index (χ4v) is 7.42. The molecular weight excluding hydrogens is 456 g/mol. The number of halogens is 1. The molecule has 7 N–H and O–H groups in total. The summed E-state index contributed by atoms with van der Waals surface area (Å²) in [4.78, 5) is 43.3. The molecule has 8 atom stereocenters. The minimum atomic E-state index is -4.99. The van der Waals surface area contributed by atoms with Crippen molar-refractivity contribution < 1.29 is 43.1 Å². The number of hydrogen-bond donors (Lipinski definition) is 5. The van der Waals surface area contributed by atoms with Gasteiger partial charge in [0.15, 0.2) is 22.8 Å². The van der Waals surface area contributed by atoms with Gasteiger partial charge in [0.1, 0.15) is 0 Å². The number of carbonyl (C=O) groups excluding carboxylic acids is 2. The third-order valence-corrected chi connectivity index (χ3v) is 9.35. The zero-order valence-electron chi connectivity index (χ0n) is 19.0. The van der Waals surface area contributed by atoms with E-state index in [0.717, 1.165) is 0 Å². The fraction of sp³-hybridized carbons (Fsp3) is 0.727. The number of carbonyl (C=O) groups is 2. The Bertz CT molecular complexity index is 979. The number of aliphatic hydroxyl groups is 2. The maximum Gasteiger partial charge on any atom is 0.469 e. The van der Waals surface area contributed by atoms with Crippen LogP contribution in [0.15, 0.2) is 23.8 Å². The number of Topliss-reactive ketones (excluding diaryl/α,β-unsaturated/α-hetero) is 1. The van der Waals surface area contributed by atoms with Crippen LogP contribution >= 0.6 is 7.82 Å². The topological polar surface area (TPSA) is 176 Å². The molecule has 0 aromatic heterocycles. The van der Waals surface area contributed by atoms with Crippen LogP contribution in [0.1, 0.15) is 46.5 Å². The monoisotopic (exact) mass is 489 g/mol. The van der Waals surface area contributed by atoms with E-state index in [2.05, 4.69) is 4.52 Å². The first-order valence-corrected chi connectivity index (χ1v) is 12.4. The number of phosphoric acid groups is 1. The van der Waals surface area contributed by atoms with Gasteiger partial charge in [0.25, 0.3) is 0 Å². The average Bonchev–Trinajstić information content (AvgIpc) is 2.69. The summed E-state index contributed by atoms with van der Waals surface area (Å²) in [7, 11) is -4.99. The average molecular weight is 489 g/mol. The van der Waals surface area contributed by atoms with E-state index in [1.165, 1.54) is 18.2 Å². The molecule has 0 bridgehead atoms. The zero-order valence-corrected chi connectivity index (χ0v) is 19.9. The Morgan fingerprint density at radius 1 is 1.24 bits per heavy atom. The lowest BCUT2D eigenvalue weighted by molar-refractivity contribution is -0.254. The van der Waals surface area contributed by atoms with Gasteiger partial charge in [-0.2, -0.15) is 0 Å². The normalized spacial score (nSPS) is 47.1. The highest BCUT2D eigenvalue weighted by Gasteiger charge is 2.74.